The first-order chi connectivity index (χ1) is 8.70. The summed E-state index contributed by atoms with van der Waals surface area (Å²) >= 11 is 0. The van der Waals surface area contributed by atoms with E-state index in [1.165, 1.54) is 30.4 Å². The summed E-state index contributed by atoms with van der Waals surface area (Å²) in [5, 5.41) is 7.06. The topological polar surface area (TPSA) is 33.3 Å². The van der Waals surface area contributed by atoms with Crippen LogP contribution in [0, 0.1) is 13.8 Å². The smallest absolute Gasteiger partial charge is 0.142 e. The first kappa shape index (κ1) is 13.2. The summed E-state index contributed by atoms with van der Waals surface area (Å²) in [7, 11) is 1.73. The molecule has 3 heteroatoms. The molecule has 0 aliphatic carbocycles. The van der Waals surface area contributed by atoms with Crippen molar-refractivity contribution in [1.29, 1.82) is 0 Å². The van der Waals surface area contributed by atoms with Gasteiger partial charge in [-0.3, -0.25) is 0 Å². The average molecular weight is 248 g/mol. The number of rotatable bonds is 4. The van der Waals surface area contributed by atoms with Crippen LogP contribution in [0.2, 0.25) is 0 Å². The van der Waals surface area contributed by atoms with E-state index >= 15 is 0 Å². The van der Waals surface area contributed by atoms with E-state index in [4.69, 9.17) is 4.74 Å². The highest BCUT2D eigenvalue weighted by atomic mass is 16.5. The van der Waals surface area contributed by atoms with Crippen LogP contribution < -0.4 is 15.4 Å². The van der Waals surface area contributed by atoms with Crippen molar-refractivity contribution in [2.45, 2.75) is 39.2 Å². The van der Waals surface area contributed by atoms with E-state index in [-0.39, 0.29) is 0 Å². The number of aryl methyl sites for hydroxylation is 2. The fraction of sp³-hybridized carbons (Fsp3) is 0.600. The predicted molar refractivity (Wildman–Crippen MR) is 76.6 cm³/mol. The van der Waals surface area contributed by atoms with Gasteiger partial charge < -0.3 is 15.4 Å². The van der Waals surface area contributed by atoms with Gasteiger partial charge in [-0.1, -0.05) is 6.42 Å². The van der Waals surface area contributed by atoms with Gasteiger partial charge in [0.05, 0.1) is 12.8 Å². The van der Waals surface area contributed by atoms with E-state index < -0.39 is 0 Å². The fourth-order valence-electron chi connectivity index (χ4n) is 2.43. The second-order valence-electron chi connectivity index (χ2n) is 5.16. The summed E-state index contributed by atoms with van der Waals surface area (Å²) in [6.07, 6.45) is 3.91. The van der Waals surface area contributed by atoms with Crippen molar-refractivity contribution in [3.8, 4) is 5.75 Å². The Kier molecular flexibility index (Phi) is 4.48. The third-order valence-corrected chi connectivity index (χ3v) is 3.77. The number of methoxy groups -OCH3 is 1. The van der Waals surface area contributed by atoms with Crippen LogP contribution in [-0.2, 0) is 0 Å². The monoisotopic (exact) mass is 248 g/mol. The van der Waals surface area contributed by atoms with Gasteiger partial charge in [0.15, 0.2) is 0 Å². The van der Waals surface area contributed by atoms with E-state index in [9.17, 15) is 0 Å². The normalized spacial score (nSPS) is 19.6. The van der Waals surface area contributed by atoms with Crippen molar-refractivity contribution in [3.63, 3.8) is 0 Å². The van der Waals surface area contributed by atoms with Gasteiger partial charge in [0.1, 0.15) is 5.75 Å². The minimum Gasteiger partial charge on any atom is -0.495 e. The fourth-order valence-corrected chi connectivity index (χ4v) is 2.43. The quantitative estimate of drug-likeness (QED) is 0.859. The van der Waals surface area contributed by atoms with Crippen LogP contribution in [0.3, 0.4) is 0 Å². The SMILES string of the molecule is COc1cc(C)c(C)cc1NCC1CCCCN1. The molecule has 1 aliphatic heterocycles. The first-order valence-electron chi connectivity index (χ1n) is 6.83. The van der Waals surface area contributed by atoms with Gasteiger partial charge in [0, 0.05) is 12.6 Å². The molecule has 1 fully saturated rings. The molecular formula is C15H24N2O. The van der Waals surface area contributed by atoms with Crippen molar-refractivity contribution >= 4 is 5.69 Å². The van der Waals surface area contributed by atoms with Gasteiger partial charge in [0.25, 0.3) is 0 Å². The number of ether oxygens (including phenoxy) is 1. The molecule has 0 bridgehead atoms. The van der Waals surface area contributed by atoms with Crippen LogP contribution in [0.15, 0.2) is 12.1 Å². The summed E-state index contributed by atoms with van der Waals surface area (Å²) in [5.41, 5.74) is 3.68. The van der Waals surface area contributed by atoms with Crippen molar-refractivity contribution in [1.82, 2.24) is 5.32 Å². The molecule has 1 heterocycles. The molecule has 1 aliphatic rings. The van der Waals surface area contributed by atoms with Gasteiger partial charge in [-0.25, -0.2) is 0 Å². The molecule has 18 heavy (non-hydrogen) atoms. The molecule has 1 atom stereocenters. The molecule has 0 spiro atoms. The van der Waals surface area contributed by atoms with E-state index in [0.29, 0.717) is 6.04 Å². The Morgan fingerprint density at radius 1 is 1.28 bits per heavy atom. The van der Waals surface area contributed by atoms with Crippen LogP contribution in [0.5, 0.6) is 5.75 Å². The third kappa shape index (κ3) is 3.16. The van der Waals surface area contributed by atoms with Crippen LogP contribution in [-0.4, -0.2) is 26.2 Å². The minimum absolute atomic E-state index is 0.588. The minimum atomic E-state index is 0.588. The Balaban J connectivity index is 2.01. The summed E-state index contributed by atoms with van der Waals surface area (Å²) in [6, 6.07) is 4.87. The van der Waals surface area contributed by atoms with Crippen molar-refractivity contribution < 1.29 is 4.74 Å². The summed E-state index contributed by atoms with van der Waals surface area (Å²) in [5.74, 6) is 0.939. The number of nitrogens with one attached hydrogen (secondary N) is 2. The van der Waals surface area contributed by atoms with Gasteiger partial charge in [0.2, 0.25) is 0 Å². The lowest BCUT2D eigenvalue weighted by Gasteiger charge is -2.24. The van der Waals surface area contributed by atoms with Crippen LogP contribution >= 0.6 is 0 Å². The number of hydrogen-bond donors (Lipinski definition) is 2. The number of anilines is 1. The lowest BCUT2D eigenvalue weighted by atomic mass is 10.0. The van der Waals surface area contributed by atoms with Crippen molar-refractivity contribution in [3.05, 3.63) is 23.3 Å². The Morgan fingerprint density at radius 2 is 2.06 bits per heavy atom. The van der Waals surface area contributed by atoms with E-state index in [2.05, 4.69) is 36.6 Å². The Hall–Kier alpha value is -1.22. The Labute approximate surface area is 110 Å². The highest BCUT2D eigenvalue weighted by Crippen LogP contribution is 2.28. The molecule has 1 aromatic carbocycles. The maximum atomic E-state index is 5.44. The zero-order valence-corrected chi connectivity index (χ0v) is 11.7. The van der Waals surface area contributed by atoms with Crippen LogP contribution in [0.25, 0.3) is 0 Å². The maximum Gasteiger partial charge on any atom is 0.142 e. The molecule has 0 saturated carbocycles. The zero-order chi connectivity index (χ0) is 13.0. The third-order valence-electron chi connectivity index (χ3n) is 3.77. The Bertz CT molecular complexity index is 398. The molecule has 2 rings (SSSR count). The van der Waals surface area contributed by atoms with Gasteiger partial charge in [-0.2, -0.15) is 0 Å². The second-order valence-corrected chi connectivity index (χ2v) is 5.16. The summed E-state index contributed by atoms with van der Waals surface area (Å²) in [4.78, 5) is 0. The molecule has 1 unspecified atom stereocenters. The molecule has 1 saturated heterocycles. The molecule has 0 radical (unpaired) electrons. The van der Waals surface area contributed by atoms with Gasteiger partial charge >= 0.3 is 0 Å². The highest BCUT2D eigenvalue weighted by Gasteiger charge is 2.13. The number of piperidine rings is 1. The van der Waals surface area contributed by atoms with Gasteiger partial charge in [-0.05, 0) is 56.5 Å². The lowest BCUT2D eigenvalue weighted by Crippen LogP contribution is -2.39. The molecule has 0 amide bonds. The molecule has 2 N–H and O–H groups in total. The largest absolute Gasteiger partial charge is 0.495 e. The Morgan fingerprint density at radius 3 is 2.72 bits per heavy atom. The van der Waals surface area contributed by atoms with Gasteiger partial charge in [-0.15, -0.1) is 0 Å². The van der Waals surface area contributed by atoms with E-state index in [1.807, 2.05) is 0 Å². The lowest BCUT2D eigenvalue weighted by molar-refractivity contribution is 0.407. The zero-order valence-electron chi connectivity index (χ0n) is 11.7. The van der Waals surface area contributed by atoms with E-state index in [1.54, 1.807) is 7.11 Å². The molecule has 1 aromatic rings. The predicted octanol–water partition coefficient (Wildman–Crippen LogP) is 2.87. The molecular weight excluding hydrogens is 224 g/mol. The maximum absolute atomic E-state index is 5.44. The summed E-state index contributed by atoms with van der Waals surface area (Å²) in [6.45, 7) is 6.37. The van der Waals surface area contributed by atoms with E-state index in [0.717, 1.165) is 24.5 Å². The average Bonchev–Trinajstić information content (AvgIpc) is 2.41. The second kappa shape index (κ2) is 6.10. The number of hydrogen-bond acceptors (Lipinski definition) is 3. The molecule has 3 nitrogen and oxygen atoms in total. The number of benzene rings is 1. The molecule has 0 aromatic heterocycles. The molecule has 100 valence electrons. The standard InChI is InChI=1S/C15H24N2O/c1-11-8-14(15(18-3)9-12(11)2)17-10-13-6-4-5-7-16-13/h8-9,13,16-17H,4-7,10H2,1-3H3. The first-order valence-corrected chi connectivity index (χ1v) is 6.83. The highest BCUT2D eigenvalue weighted by molar-refractivity contribution is 5.60. The van der Waals surface area contributed by atoms with Crippen molar-refractivity contribution in [2.75, 3.05) is 25.5 Å². The van der Waals surface area contributed by atoms with Crippen LogP contribution in [0.1, 0.15) is 30.4 Å². The van der Waals surface area contributed by atoms with Crippen LogP contribution in [0.4, 0.5) is 5.69 Å². The van der Waals surface area contributed by atoms with Crippen molar-refractivity contribution in [2.24, 2.45) is 0 Å². The summed E-state index contributed by atoms with van der Waals surface area (Å²) < 4.78 is 5.44.